The Kier molecular flexibility index (Phi) is 5.29. The van der Waals surface area contributed by atoms with Crippen molar-refractivity contribution in [1.29, 1.82) is 0 Å². The number of pyridine rings is 1. The number of rotatable bonds is 3. The predicted octanol–water partition coefficient (Wildman–Crippen LogP) is 1.02. The normalized spacial score (nSPS) is 18.4. The van der Waals surface area contributed by atoms with Gasteiger partial charge in [0.15, 0.2) is 0 Å². The van der Waals surface area contributed by atoms with E-state index in [-0.39, 0.29) is 11.8 Å². The molecule has 0 aromatic carbocycles. The molecule has 0 saturated carbocycles. The zero-order valence-electron chi connectivity index (χ0n) is 16.1. The summed E-state index contributed by atoms with van der Waals surface area (Å²) in [6, 6.07) is 5.32. The number of hydrogen-bond donors (Lipinski definition) is 0. The van der Waals surface area contributed by atoms with E-state index in [2.05, 4.69) is 21.8 Å². The highest BCUT2D eigenvalue weighted by atomic mass is 16.3. The molecule has 2 aliphatic heterocycles. The number of amides is 2. The van der Waals surface area contributed by atoms with Gasteiger partial charge in [-0.1, -0.05) is 0 Å². The standard InChI is InChI=1S/C20H25N5O3/c1-22-5-7-23(8-6-22)18-14-16(2-4-21-18)19(26)24-9-11-25(12-10-24)20(27)17-3-13-28-15-17/h2-4,13-15H,5-12H2,1H3. The van der Waals surface area contributed by atoms with Gasteiger partial charge >= 0.3 is 0 Å². The summed E-state index contributed by atoms with van der Waals surface area (Å²) in [5.74, 6) is 0.794. The van der Waals surface area contributed by atoms with Gasteiger partial charge in [0.05, 0.1) is 11.8 Å². The molecule has 2 fully saturated rings. The van der Waals surface area contributed by atoms with E-state index in [9.17, 15) is 9.59 Å². The molecule has 2 amide bonds. The SMILES string of the molecule is CN1CCN(c2cc(C(=O)N3CCN(C(=O)c4ccoc4)CC3)ccn2)CC1. The molecule has 0 aliphatic carbocycles. The van der Waals surface area contributed by atoms with Crippen LogP contribution in [0.3, 0.4) is 0 Å². The topological polar surface area (TPSA) is 73.1 Å². The maximum absolute atomic E-state index is 12.9. The molecule has 2 aliphatic rings. The second-order valence-corrected chi connectivity index (χ2v) is 7.29. The molecule has 0 spiro atoms. The Morgan fingerprint density at radius 2 is 1.54 bits per heavy atom. The molecule has 4 heterocycles. The molecule has 2 aromatic heterocycles. The fraction of sp³-hybridized carbons (Fsp3) is 0.450. The lowest BCUT2D eigenvalue weighted by molar-refractivity contribution is 0.0535. The van der Waals surface area contributed by atoms with Gasteiger partial charge < -0.3 is 24.0 Å². The lowest BCUT2D eigenvalue weighted by atomic mass is 10.2. The van der Waals surface area contributed by atoms with Crippen LogP contribution in [0.15, 0.2) is 41.3 Å². The van der Waals surface area contributed by atoms with Gasteiger partial charge in [-0.15, -0.1) is 0 Å². The van der Waals surface area contributed by atoms with Crippen molar-refractivity contribution < 1.29 is 14.0 Å². The first-order valence-electron chi connectivity index (χ1n) is 9.62. The van der Waals surface area contributed by atoms with Gasteiger partial charge in [-0.2, -0.15) is 0 Å². The second kappa shape index (κ2) is 8.02. The van der Waals surface area contributed by atoms with Crippen molar-refractivity contribution in [3.8, 4) is 0 Å². The van der Waals surface area contributed by atoms with Crippen LogP contribution in [0.2, 0.25) is 0 Å². The van der Waals surface area contributed by atoms with Crippen LogP contribution < -0.4 is 4.90 Å². The Labute approximate surface area is 164 Å². The molecule has 8 heteroatoms. The van der Waals surface area contributed by atoms with Crippen LogP contribution in [0.25, 0.3) is 0 Å². The largest absolute Gasteiger partial charge is 0.472 e. The van der Waals surface area contributed by atoms with Crippen molar-refractivity contribution in [1.82, 2.24) is 19.7 Å². The van der Waals surface area contributed by atoms with Gasteiger partial charge in [-0.3, -0.25) is 9.59 Å². The lowest BCUT2D eigenvalue weighted by Gasteiger charge is -2.35. The van der Waals surface area contributed by atoms with E-state index in [1.165, 1.54) is 12.5 Å². The summed E-state index contributed by atoms with van der Waals surface area (Å²) in [6.07, 6.45) is 4.66. The van der Waals surface area contributed by atoms with Gasteiger partial charge in [-0.05, 0) is 25.2 Å². The minimum atomic E-state index is -0.0536. The summed E-state index contributed by atoms with van der Waals surface area (Å²) in [6.45, 7) is 5.90. The lowest BCUT2D eigenvalue weighted by Crippen LogP contribution is -2.50. The van der Waals surface area contributed by atoms with E-state index < -0.39 is 0 Å². The molecular formula is C20H25N5O3. The summed E-state index contributed by atoms with van der Waals surface area (Å²) in [5.41, 5.74) is 1.20. The third-order valence-corrected chi connectivity index (χ3v) is 5.44. The number of furan rings is 1. The summed E-state index contributed by atoms with van der Waals surface area (Å²) in [7, 11) is 2.11. The van der Waals surface area contributed by atoms with Crippen LogP contribution in [0.4, 0.5) is 5.82 Å². The van der Waals surface area contributed by atoms with Crippen LogP contribution in [0.1, 0.15) is 20.7 Å². The first-order chi connectivity index (χ1) is 13.6. The van der Waals surface area contributed by atoms with Crippen LogP contribution in [0, 0.1) is 0 Å². The Hall–Kier alpha value is -2.87. The highest BCUT2D eigenvalue weighted by Crippen LogP contribution is 2.17. The van der Waals surface area contributed by atoms with Crippen molar-refractivity contribution in [2.24, 2.45) is 0 Å². The number of carbonyl (C=O) groups is 2. The predicted molar refractivity (Wildman–Crippen MR) is 104 cm³/mol. The van der Waals surface area contributed by atoms with Crippen molar-refractivity contribution in [2.75, 3.05) is 64.3 Å². The van der Waals surface area contributed by atoms with Gasteiger partial charge in [-0.25, -0.2) is 4.98 Å². The maximum Gasteiger partial charge on any atom is 0.257 e. The van der Waals surface area contributed by atoms with Crippen molar-refractivity contribution in [3.63, 3.8) is 0 Å². The van der Waals surface area contributed by atoms with Crippen molar-refractivity contribution in [3.05, 3.63) is 48.0 Å². The van der Waals surface area contributed by atoms with Crippen LogP contribution in [-0.4, -0.2) is 90.9 Å². The maximum atomic E-state index is 12.9. The average molecular weight is 383 g/mol. The average Bonchev–Trinajstić information content (AvgIpc) is 3.28. The van der Waals surface area contributed by atoms with Crippen molar-refractivity contribution >= 4 is 17.6 Å². The molecular weight excluding hydrogens is 358 g/mol. The zero-order chi connectivity index (χ0) is 19.5. The van der Waals surface area contributed by atoms with Gasteiger partial charge in [0.25, 0.3) is 11.8 Å². The summed E-state index contributed by atoms with van der Waals surface area (Å²) in [5, 5.41) is 0. The highest BCUT2D eigenvalue weighted by molar-refractivity contribution is 5.96. The Bertz CT molecular complexity index is 822. The highest BCUT2D eigenvalue weighted by Gasteiger charge is 2.26. The number of aromatic nitrogens is 1. The fourth-order valence-electron chi connectivity index (χ4n) is 3.62. The molecule has 2 saturated heterocycles. The Morgan fingerprint density at radius 1 is 0.893 bits per heavy atom. The molecule has 0 unspecified atom stereocenters. The van der Waals surface area contributed by atoms with Gasteiger partial charge in [0.1, 0.15) is 12.1 Å². The Morgan fingerprint density at radius 3 is 2.14 bits per heavy atom. The quantitative estimate of drug-likeness (QED) is 0.788. The number of piperazine rings is 2. The summed E-state index contributed by atoms with van der Waals surface area (Å²) in [4.78, 5) is 37.9. The van der Waals surface area contributed by atoms with E-state index in [4.69, 9.17) is 4.42 Å². The third-order valence-electron chi connectivity index (χ3n) is 5.44. The first kappa shape index (κ1) is 18.5. The molecule has 0 atom stereocenters. The molecule has 0 bridgehead atoms. The summed E-state index contributed by atoms with van der Waals surface area (Å²) >= 11 is 0. The molecule has 0 N–H and O–H groups in total. The third kappa shape index (κ3) is 3.87. The monoisotopic (exact) mass is 383 g/mol. The smallest absolute Gasteiger partial charge is 0.257 e. The molecule has 2 aromatic rings. The van der Waals surface area contributed by atoms with Crippen LogP contribution >= 0.6 is 0 Å². The number of likely N-dealkylation sites (N-methyl/N-ethyl adjacent to an activating group) is 1. The Balaban J connectivity index is 1.37. The van der Waals surface area contributed by atoms with E-state index in [0.717, 1.165) is 32.0 Å². The minimum Gasteiger partial charge on any atom is -0.472 e. The van der Waals surface area contributed by atoms with Gasteiger partial charge in [0, 0.05) is 64.1 Å². The number of hydrogen-bond acceptors (Lipinski definition) is 6. The van der Waals surface area contributed by atoms with E-state index >= 15 is 0 Å². The van der Waals surface area contributed by atoms with Gasteiger partial charge in [0.2, 0.25) is 0 Å². The number of nitrogens with zero attached hydrogens (tertiary/aromatic N) is 5. The van der Waals surface area contributed by atoms with Crippen LogP contribution in [-0.2, 0) is 0 Å². The number of carbonyl (C=O) groups excluding carboxylic acids is 2. The van der Waals surface area contributed by atoms with E-state index in [1.54, 1.807) is 23.2 Å². The molecule has 0 radical (unpaired) electrons. The first-order valence-corrected chi connectivity index (χ1v) is 9.62. The molecule has 148 valence electrons. The zero-order valence-corrected chi connectivity index (χ0v) is 16.1. The summed E-state index contributed by atoms with van der Waals surface area (Å²) < 4.78 is 4.99. The molecule has 4 rings (SSSR count). The van der Waals surface area contributed by atoms with E-state index in [0.29, 0.717) is 37.3 Å². The minimum absolute atomic E-state index is 0.00631. The van der Waals surface area contributed by atoms with Crippen molar-refractivity contribution in [2.45, 2.75) is 0 Å². The molecule has 28 heavy (non-hydrogen) atoms. The van der Waals surface area contributed by atoms with Crippen LogP contribution in [0.5, 0.6) is 0 Å². The fourth-order valence-corrected chi connectivity index (χ4v) is 3.62. The molecule has 8 nitrogen and oxygen atoms in total. The second-order valence-electron chi connectivity index (χ2n) is 7.29. The number of anilines is 1. The van der Waals surface area contributed by atoms with E-state index in [1.807, 2.05) is 11.0 Å².